The van der Waals surface area contributed by atoms with Gasteiger partial charge in [-0.1, -0.05) is 32.9 Å². The highest BCUT2D eigenvalue weighted by Crippen LogP contribution is 2.52. The van der Waals surface area contributed by atoms with Gasteiger partial charge in [-0.25, -0.2) is 17.6 Å². The molecule has 1 unspecified atom stereocenters. The van der Waals surface area contributed by atoms with E-state index < -0.39 is 73.4 Å². The molecular formula is C29H33F7N2O6S. The smallest absolute Gasteiger partial charge is 0.430 e. The van der Waals surface area contributed by atoms with E-state index in [1.165, 1.54) is 18.2 Å². The molecule has 16 heteroatoms. The minimum absolute atomic E-state index is 0.0690. The molecule has 1 aliphatic heterocycles. The number of benzene rings is 2. The zero-order valence-electron chi connectivity index (χ0n) is 25.4. The standard InChI is InChI=1S/C29H33F7N2O6S/c1-24(2,3)26(22(39)37-21-11-8-17(15-20(21)30)27(41,28(31,32)33)29(34,35)36)19-10-9-18(45(7,42)43)14-16(19)12-13-38(26)23(40)44-25(4,5)6/h8-11,14-15,41H,12-13H2,1-7H3,(H,37,39). The molecule has 0 bridgehead atoms. The number of rotatable bonds is 4. The molecule has 2 N–H and O–H groups in total. The number of fused-ring (bicyclic) bond motifs is 1. The third kappa shape index (κ3) is 6.35. The predicted molar refractivity (Wildman–Crippen MR) is 148 cm³/mol. The molecule has 1 aliphatic rings. The fourth-order valence-electron chi connectivity index (χ4n) is 5.39. The molecule has 0 aliphatic carbocycles. The number of hydrogen-bond donors (Lipinski definition) is 2. The molecule has 1 heterocycles. The number of ether oxygens (including phenoxy) is 1. The van der Waals surface area contributed by atoms with Crippen LogP contribution in [0, 0.1) is 11.2 Å². The van der Waals surface area contributed by atoms with Gasteiger partial charge in [0.25, 0.3) is 11.5 Å². The van der Waals surface area contributed by atoms with E-state index in [9.17, 15) is 49.5 Å². The van der Waals surface area contributed by atoms with E-state index in [2.05, 4.69) is 5.32 Å². The number of sulfone groups is 1. The Bertz CT molecular complexity index is 1590. The van der Waals surface area contributed by atoms with Crippen LogP contribution in [0.4, 0.5) is 41.2 Å². The van der Waals surface area contributed by atoms with E-state index in [0.29, 0.717) is 11.6 Å². The molecule has 0 aromatic heterocycles. The van der Waals surface area contributed by atoms with Gasteiger partial charge in [-0.15, -0.1) is 0 Å². The largest absolute Gasteiger partial charge is 0.444 e. The van der Waals surface area contributed by atoms with Crippen molar-refractivity contribution in [2.24, 2.45) is 5.41 Å². The van der Waals surface area contributed by atoms with Crippen molar-refractivity contribution in [2.45, 2.75) is 82.0 Å². The number of nitrogens with one attached hydrogen (secondary N) is 1. The predicted octanol–water partition coefficient (Wildman–Crippen LogP) is 6.21. The van der Waals surface area contributed by atoms with Crippen LogP contribution in [0.15, 0.2) is 41.3 Å². The van der Waals surface area contributed by atoms with Gasteiger partial charge in [0.15, 0.2) is 15.4 Å². The van der Waals surface area contributed by atoms with Gasteiger partial charge < -0.3 is 15.2 Å². The average Bonchev–Trinajstić information content (AvgIpc) is 2.84. The van der Waals surface area contributed by atoms with Crippen LogP contribution in [0.2, 0.25) is 0 Å². The second kappa shape index (κ2) is 11.1. The van der Waals surface area contributed by atoms with Gasteiger partial charge in [0.1, 0.15) is 11.4 Å². The van der Waals surface area contributed by atoms with E-state index in [0.717, 1.165) is 11.2 Å². The quantitative estimate of drug-likeness (QED) is 0.374. The van der Waals surface area contributed by atoms with E-state index in [4.69, 9.17) is 4.74 Å². The number of amides is 2. The summed E-state index contributed by atoms with van der Waals surface area (Å²) in [5, 5.41) is 11.9. The van der Waals surface area contributed by atoms with E-state index in [1.807, 2.05) is 0 Å². The summed E-state index contributed by atoms with van der Waals surface area (Å²) in [6, 6.07) is 4.26. The molecule has 45 heavy (non-hydrogen) atoms. The molecule has 1 atom stereocenters. The van der Waals surface area contributed by atoms with Gasteiger partial charge >= 0.3 is 18.4 Å². The van der Waals surface area contributed by atoms with Crippen molar-refractivity contribution in [3.8, 4) is 0 Å². The minimum Gasteiger partial charge on any atom is -0.444 e. The number of carbonyl (C=O) groups excluding carboxylic acids is 2. The summed E-state index contributed by atoms with van der Waals surface area (Å²) >= 11 is 0. The molecule has 0 radical (unpaired) electrons. The van der Waals surface area contributed by atoms with E-state index >= 15 is 4.39 Å². The first kappa shape index (κ1) is 36.1. The first-order chi connectivity index (χ1) is 20.1. The minimum atomic E-state index is -6.27. The molecule has 0 saturated heterocycles. The third-order valence-electron chi connectivity index (χ3n) is 7.39. The third-order valence-corrected chi connectivity index (χ3v) is 8.50. The molecule has 0 spiro atoms. The molecule has 2 aromatic carbocycles. The van der Waals surface area contributed by atoms with Crippen LogP contribution in [0.5, 0.6) is 0 Å². The summed E-state index contributed by atoms with van der Waals surface area (Å²) in [6.07, 6.45) is -12.5. The summed E-state index contributed by atoms with van der Waals surface area (Å²) in [4.78, 5) is 28.9. The Labute approximate surface area is 255 Å². The molecule has 0 fully saturated rings. The maximum absolute atomic E-state index is 15.2. The number of alkyl halides is 6. The van der Waals surface area contributed by atoms with Crippen LogP contribution >= 0.6 is 0 Å². The molecular weight excluding hydrogens is 637 g/mol. The fraction of sp³-hybridized carbons (Fsp3) is 0.517. The Morgan fingerprint density at radius 2 is 1.49 bits per heavy atom. The Morgan fingerprint density at radius 3 is 1.93 bits per heavy atom. The summed E-state index contributed by atoms with van der Waals surface area (Å²) in [5.74, 6) is -2.87. The summed E-state index contributed by atoms with van der Waals surface area (Å²) < 4.78 is 126. The van der Waals surface area contributed by atoms with Crippen molar-refractivity contribution in [1.82, 2.24) is 4.90 Å². The summed E-state index contributed by atoms with van der Waals surface area (Å²) in [5.41, 5.74) is -12.1. The van der Waals surface area contributed by atoms with Crippen LogP contribution in [-0.2, 0) is 36.9 Å². The van der Waals surface area contributed by atoms with Gasteiger partial charge in [0.05, 0.1) is 10.6 Å². The molecule has 2 aromatic rings. The lowest BCUT2D eigenvalue weighted by molar-refractivity contribution is -0.376. The Balaban J connectivity index is 2.26. The highest BCUT2D eigenvalue weighted by molar-refractivity contribution is 7.90. The Hall–Kier alpha value is -3.40. The fourth-order valence-corrected chi connectivity index (χ4v) is 6.06. The monoisotopic (exact) mass is 670 g/mol. The van der Waals surface area contributed by atoms with Gasteiger partial charge in [-0.2, -0.15) is 26.3 Å². The number of aliphatic hydroxyl groups is 1. The number of carbonyl (C=O) groups is 2. The van der Waals surface area contributed by atoms with Crippen molar-refractivity contribution in [2.75, 3.05) is 18.1 Å². The van der Waals surface area contributed by atoms with Crippen LogP contribution in [0.3, 0.4) is 0 Å². The van der Waals surface area contributed by atoms with Crippen molar-refractivity contribution >= 4 is 27.5 Å². The zero-order chi connectivity index (χ0) is 34.8. The molecule has 250 valence electrons. The van der Waals surface area contributed by atoms with Crippen molar-refractivity contribution in [3.63, 3.8) is 0 Å². The van der Waals surface area contributed by atoms with Gasteiger partial charge in [0.2, 0.25) is 0 Å². The summed E-state index contributed by atoms with van der Waals surface area (Å²) in [7, 11) is -3.71. The van der Waals surface area contributed by atoms with Crippen LogP contribution < -0.4 is 5.32 Å². The number of hydrogen-bond acceptors (Lipinski definition) is 6. The number of halogens is 7. The Kier molecular flexibility index (Phi) is 8.93. The van der Waals surface area contributed by atoms with Gasteiger partial charge in [-0.05, 0) is 68.0 Å². The lowest BCUT2D eigenvalue weighted by Gasteiger charge is -2.53. The normalized spacial score (nSPS) is 18.3. The topological polar surface area (TPSA) is 113 Å². The van der Waals surface area contributed by atoms with Crippen molar-refractivity contribution in [3.05, 3.63) is 58.9 Å². The Morgan fingerprint density at radius 1 is 0.933 bits per heavy atom. The van der Waals surface area contributed by atoms with E-state index in [1.54, 1.807) is 41.5 Å². The lowest BCUT2D eigenvalue weighted by Crippen LogP contribution is -2.66. The lowest BCUT2D eigenvalue weighted by atomic mass is 9.64. The summed E-state index contributed by atoms with van der Waals surface area (Å²) in [6.45, 7) is 9.17. The average molecular weight is 671 g/mol. The maximum Gasteiger partial charge on any atom is 0.430 e. The SMILES string of the molecule is CC(C)(C)OC(=O)N1CCc2cc(S(C)(=O)=O)ccc2C1(C(=O)Nc1ccc(C(O)(C(F)(F)F)C(F)(F)F)cc1F)C(C)(C)C. The van der Waals surface area contributed by atoms with Gasteiger partial charge in [-0.3, -0.25) is 9.69 Å². The van der Waals surface area contributed by atoms with E-state index in [-0.39, 0.29) is 35.6 Å². The van der Waals surface area contributed by atoms with Crippen LogP contribution in [0.1, 0.15) is 58.2 Å². The zero-order valence-corrected chi connectivity index (χ0v) is 26.2. The molecule has 2 amide bonds. The number of anilines is 1. The first-order valence-corrected chi connectivity index (χ1v) is 15.3. The number of nitrogens with zero attached hydrogens (tertiary/aromatic N) is 1. The highest BCUT2D eigenvalue weighted by atomic mass is 32.2. The first-order valence-electron chi connectivity index (χ1n) is 13.4. The van der Waals surface area contributed by atoms with Crippen LogP contribution in [0.25, 0.3) is 0 Å². The molecule has 0 saturated carbocycles. The van der Waals surface area contributed by atoms with Crippen molar-refractivity contribution in [1.29, 1.82) is 0 Å². The second-order valence-electron chi connectivity index (χ2n) is 12.8. The van der Waals surface area contributed by atoms with Crippen molar-refractivity contribution < 1.29 is 58.6 Å². The highest BCUT2D eigenvalue weighted by Gasteiger charge is 2.71. The molecule has 8 nitrogen and oxygen atoms in total. The van der Waals surface area contributed by atoms with Gasteiger partial charge in [0, 0.05) is 18.4 Å². The maximum atomic E-state index is 15.2. The van der Waals surface area contributed by atoms with Crippen LogP contribution in [-0.4, -0.2) is 61.2 Å². The second-order valence-corrected chi connectivity index (χ2v) is 14.8. The molecule has 3 rings (SSSR count).